The molecule has 0 aromatic heterocycles. The van der Waals surface area contributed by atoms with Crippen molar-refractivity contribution < 1.29 is 14.2 Å². The van der Waals surface area contributed by atoms with Crippen LogP contribution in [0.15, 0.2) is 0 Å². The Hall–Kier alpha value is -0.560. The molecule has 0 amide bonds. The molecule has 0 aliphatic carbocycles. The van der Waals surface area contributed by atoms with Crippen LogP contribution in [-0.4, -0.2) is 31.2 Å². The van der Waals surface area contributed by atoms with Crippen LogP contribution in [0.25, 0.3) is 0 Å². The van der Waals surface area contributed by atoms with Gasteiger partial charge >= 0.3 is 0 Å². The Morgan fingerprint density at radius 1 is 1.43 bits per heavy atom. The van der Waals surface area contributed by atoms with Crippen molar-refractivity contribution in [3.8, 4) is 12.3 Å². The fraction of sp³-hybridized carbons (Fsp3) is 0.818. The van der Waals surface area contributed by atoms with Gasteiger partial charge in [0.2, 0.25) is 0 Å². The lowest BCUT2D eigenvalue weighted by Crippen LogP contribution is -2.34. The van der Waals surface area contributed by atoms with Crippen LogP contribution in [0, 0.1) is 18.3 Å². The van der Waals surface area contributed by atoms with Gasteiger partial charge in [-0.15, -0.1) is 12.3 Å². The van der Waals surface area contributed by atoms with E-state index in [0.29, 0.717) is 6.61 Å². The van der Waals surface area contributed by atoms with Gasteiger partial charge in [-0.3, -0.25) is 0 Å². The molecule has 2 rings (SSSR count). The Morgan fingerprint density at radius 2 is 2.21 bits per heavy atom. The van der Waals surface area contributed by atoms with Crippen molar-refractivity contribution in [3.63, 3.8) is 0 Å². The molecule has 2 heterocycles. The van der Waals surface area contributed by atoms with E-state index in [0.717, 1.165) is 13.0 Å². The number of rotatable bonds is 1. The molecule has 0 N–H and O–H groups in total. The van der Waals surface area contributed by atoms with Crippen molar-refractivity contribution in [3.05, 3.63) is 0 Å². The second-order valence-corrected chi connectivity index (χ2v) is 4.26. The van der Waals surface area contributed by atoms with E-state index in [-0.39, 0.29) is 18.1 Å². The van der Waals surface area contributed by atoms with E-state index in [1.54, 1.807) is 0 Å². The van der Waals surface area contributed by atoms with Crippen molar-refractivity contribution in [1.82, 2.24) is 0 Å². The maximum Gasteiger partial charge on any atom is 0.163 e. The largest absolute Gasteiger partial charge is 0.374 e. The number of hydrogen-bond donors (Lipinski definition) is 0. The molecule has 0 saturated carbocycles. The molecular formula is C11H16O3. The Kier molecular flexibility index (Phi) is 2.52. The van der Waals surface area contributed by atoms with E-state index in [1.165, 1.54) is 0 Å². The molecule has 3 nitrogen and oxygen atoms in total. The maximum atomic E-state index is 5.72. The third kappa shape index (κ3) is 1.78. The molecule has 3 atom stereocenters. The third-order valence-corrected chi connectivity index (χ3v) is 2.75. The summed E-state index contributed by atoms with van der Waals surface area (Å²) in [6.07, 6.45) is 6.37. The van der Waals surface area contributed by atoms with Gasteiger partial charge < -0.3 is 14.2 Å². The summed E-state index contributed by atoms with van der Waals surface area (Å²) in [7, 11) is 0. The van der Waals surface area contributed by atoms with Crippen LogP contribution in [0.1, 0.15) is 20.3 Å². The Bertz CT molecular complexity index is 254. The molecule has 2 unspecified atom stereocenters. The number of ether oxygens (including phenoxy) is 3. The zero-order chi connectivity index (χ0) is 10.2. The highest BCUT2D eigenvalue weighted by Crippen LogP contribution is 2.32. The smallest absolute Gasteiger partial charge is 0.163 e. The van der Waals surface area contributed by atoms with Gasteiger partial charge in [0.25, 0.3) is 0 Å². The van der Waals surface area contributed by atoms with Crippen molar-refractivity contribution >= 4 is 0 Å². The first kappa shape index (κ1) is 9.97. The van der Waals surface area contributed by atoms with E-state index in [4.69, 9.17) is 20.6 Å². The fourth-order valence-corrected chi connectivity index (χ4v) is 2.03. The Labute approximate surface area is 84.7 Å². The highest BCUT2D eigenvalue weighted by molar-refractivity contribution is 5.02. The van der Waals surface area contributed by atoms with E-state index in [9.17, 15) is 0 Å². The van der Waals surface area contributed by atoms with Crippen molar-refractivity contribution in [1.29, 1.82) is 0 Å². The zero-order valence-electron chi connectivity index (χ0n) is 8.66. The number of hydrogen-bond acceptors (Lipinski definition) is 3. The SMILES string of the molecule is C#C[C@@H]1CCOC1C1COC(C)(C)O1. The summed E-state index contributed by atoms with van der Waals surface area (Å²) < 4.78 is 16.8. The van der Waals surface area contributed by atoms with Crippen LogP contribution in [0.3, 0.4) is 0 Å². The van der Waals surface area contributed by atoms with Gasteiger partial charge in [0, 0.05) is 6.61 Å². The van der Waals surface area contributed by atoms with Gasteiger partial charge in [-0.2, -0.15) is 0 Å². The first-order valence-corrected chi connectivity index (χ1v) is 5.02. The first-order valence-electron chi connectivity index (χ1n) is 5.02. The average Bonchev–Trinajstić information content (AvgIpc) is 2.70. The molecule has 0 radical (unpaired) electrons. The molecule has 0 spiro atoms. The molecule has 2 saturated heterocycles. The molecule has 0 aromatic carbocycles. The van der Waals surface area contributed by atoms with Gasteiger partial charge in [0.1, 0.15) is 6.10 Å². The molecule has 78 valence electrons. The topological polar surface area (TPSA) is 27.7 Å². The second kappa shape index (κ2) is 3.54. The van der Waals surface area contributed by atoms with Crippen LogP contribution in [0.2, 0.25) is 0 Å². The Balaban J connectivity index is 2.00. The minimum atomic E-state index is -0.490. The van der Waals surface area contributed by atoms with Gasteiger partial charge in [0.05, 0.1) is 18.6 Å². The highest BCUT2D eigenvalue weighted by Gasteiger charge is 2.42. The van der Waals surface area contributed by atoms with Crippen molar-refractivity contribution in [2.75, 3.05) is 13.2 Å². The molecule has 2 fully saturated rings. The lowest BCUT2D eigenvalue weighted by molar-refractivity contribution is -0.153. The molecule has 0 aromatic rings. The summed E-state index contributed by atoms with van der Waals surface area (Å²) in [5.74, 6) is 2.45. The van der Waals surface area contributed by atoms with Crippen LogP contribution < -0.4 is 0 Å². The van der Waals surface area contributed by atoms with Crippen LogP contribution in [0.4, 0.5) is 0 Å². The summed E-state index contributed by atoms with van der Waals surface area (Å²) in [5, 5.41) is 0. The normalized spacial score (nSPS) is 41.1. The predicted octanol–water partition coefficient (Wildman–Crippen LogP) is 1.18. The van der Waals surface area contributed by atoms with E-state index in [2.05, 4.69) is 5.92 Å². The second-order valence-electron chi connectivity index (χ2n) is 4.26. The van der Waals surface area contributed by atoms with Crippen LogP contribution in [0.5, 0.6) is 0 Å². The summed E-state index contributed by atoms with van der Waals surface area (Å²) in [5.41, 5.74) is 0. The van der Waals surface area contributed by atoms with Gasteiger partial charge in [-0.1, -0.05) is 0 Å². The fourth-order valence-electron chi connectivity index (χ4n) is 2.03. The van der Waals surface area contributed by atoms with Gasteiger partial charge in [-0.25, -0.2) is 0 Å². The molecule has 2 aliphatic rings. The molecule has 14 heavy (non-hydrogen) atoms. The highest BCUT2D eigenvalue weighted by atomic mass is 16.7. The quantitative estimate of drug-likeness (QED) is 0.589. The Morgan fingerprint density at radius 3 is 2.79 bits per heavy atom. The lowest BCUT2D eigenvalue weighted by atomic mass is 9.99. The van der Waals surface area contributed by atoms with Crippen LogP contribution >= 0.6 is 0 Å². The van der Waals surface area contributed by atoms with Crippen molar-refractivity contribution in [2.45, 2.75) is 38.3 Å². The summed E-state index contributed by atoms with van der Waals surface area (Å²) in [6, 6.07) is 0. The zero-order valence-corrected chi connectivity index (χ0v) is 8.66. The van der Waals surface area contributed by atoms with Gasteiger partial charge in [-0.05, 0) is 20.3 Å². The minimum Gasteiger partial charge on any atom is -0.374 e. The summed E-state index contributed by atoms with van der Waals surface area (Å²) >= 11 is 0. The summed E-state index contributed by atoms with van der Waals surface area (Å²) in [4.78, 5) is 0. The lowest BCUT2D eigenvalue weighted by Gasteiger charge is -2.22. The molecule has 0 bridgehead atoms. The minimum absolute atomic E-state index is 0.00597. The van der Waals surface area contributed by atoms with Crippen molar-refractivity contribution in [2.24, 2.45) is 5.92 Å². The molecule has 3 heteroatoms. The number of terminal acetylenes is 1. The standard InChI is InChI=1S/C11H16O3/c1-4-8-5-6-12-10(8)9-7-13-11(2,3)14-9/h1,8-10H,5-7H2,2-3H3/t8-,9?,10?/m1/s1. The molecular weight excluding hydrogens is 180 g/mol. The predicted molar refractivity (Wildman–Crippen MR) is 51.6 cm³/mol. The van der Waals surface area contributed by atoms with Crippen LogP contribution in [-0.2, 0) is 14.2 Å². The third-order valence-electron chi connectivity index (χ3n) is 2.75. The monoisotopic (exact) mass is 196 g/mol. The average molecular weight is 196 g/mol. The van der Waals surface area contributed by atoms with E-state index in [1.807, 2.05) is 13.8 Å². The van der Waals surface area contributed by atoms with E-state index < -0.39 is 5.79 Å². The first-order chi connectivity index (χ1) is 6.62. The van der Waals surface area contributed by atoms with Gasteiger partial charge in [0.15, 0.2) is 5.79 Å². The summed E-state index contributed by atoms with van der Waals surface area (Å²) in [6.45, 7) is 5.13. The maximum absolute atomic E-state index is 5.72. The molecule has 2 aliphatic heterocycles. The van der Waals surface area contributed by atoms with E-state index >= 15 is 0 Å².